The number of halogens is 5. The standard InChI is InChI=1S/C14H9Br2F3/c15-9-6-12(18)14(13(19)7-9)11(16)5-8-2-1-3-10(17)4-8/h1-4,6-7,11H,5H2. The van der Waals surface area contributed by atoms with Gasteiger partial charge in [-0.1, -0.05) is 44.0 Å². The number of hydrogen-bond acceptors (Lipinski definition) is 0. The minimum atomic E-state index is -0.634. The van der Waals surface area contributed by atoms with Gasteiger partial charge in [0.1, 0.15) is 17.5 Å². The lowest BCUT2D eigenvalue weighted by Gasteiger charge is -2.13. The van der Waals surface area contributed by atoms with E-state index < -0.39 is 16.5 Å². The summed E-state index contributed by atoms with van der Waals surface area (Å²) in [5.41, 5.74) is 0.621. The van der Waals surface area contributed by atoms with E-state index in [1.165, 1.54) is 24.3 Å². The van der Waals surface area contributed by atoms with Crippen molar-refractivity contribution in [2.45, 2.75) is 11.2 Å². The summed E-state index contributed by atoms with van der Waals surface area (Å²) < 4.78 is 40.9. The van der Waals surface area contributed by atoms with Crippen LogP contribution in [0, 0.1) is 17.5 Å². The molecule has 1 unspecified atom stereocenters. The van der Waals surface area contributed by atoms with Crippen molar-refractivity contribution in [1.29, 1.82) is 0 Å². The van der Waals surface area contributed by atoms with Gasteiger partial charge in [-0.15, -0.1) is 0 Å². The van der Waals surface area contributed by atoms with Crippen molar-refractivity contribution >= 4 is 31.9 Å². The zero-order chi connectivity index (χ0) is 14.0. The van der Waals surface area contributed by atoms with E-state index in [0.29, 0.717) is 16.5 Å². The van der Waals surface area contributed by atoms with Crippen LogP contribution in [0.25, 0.3) is 0 Å². The molecule has 1 atom stereocenters. The van der Waals surface area contributed by atoms with E-state index in [9.17, 15) is 13.2 Å². The van der Waals surface area contributed by atoms with Gasteiger partial charge in [0.2, 0.25) is 0 Å². The first-order valence-corrected chi connectivity index (χ1v) is 7.21. The molecule has 0 heterocycles. The minimum absolute atomic E-state index is 0.0486. The van der Waals surface area contributed by atoms with Crippen molar-refractivity contribution in [2.75, 3.05) is 0 Å². The Hall–Kier alpha value is -0.810. The highest BCUT2D eigenvalue weighted by Crippen LogP contribution is 2.33. The van der Waals surface area contributed by atoms with Crippen LogP contribution in [-0.2, 0) is 6.42 Å². The summed E-state index contributed by atoms with van der Waals surface area (Å²) in [5.74, 6) is -1.63. The zero-order valence-corrected chi connectivity index (χ0v) is 12.8. The number of alkyl halides is 1. The molecule has 2 aromatic rings. The molecule has 0 aliphatic heterocycles. The first-order chi connectivity index (χ1) is 8.97. The maximum Gasteiger partial charge on any atom is 0.131 e. The van der Waals surface area contributed by atoms with Crippen LogP contribution in [0.5, 0.6) is 0 Å². The summed E-state index contributed by atoms with van der Waals surface area (Å²) in [4.78, 5) is -0.553. The topological polar surface area (TPSA) is 0 Å². The van der Waals surface area contributed by atoms with Crippen LogP contribution < -0.4 is 0 Å². The molecule has 0 aliphatic carbocycles. The van der Waals surface area contributed by atoms with Crippen LogP contribution in [0.2, 0.25) is 0 Å². The molecule has 100 valence electrons. The molecule has 0 radical (unpaired) electrons. The van der Waals surface area contributed by atoms with E-state index in [4.69, 9.17) is 0 Å². The Labute approximate surface area is 125 Å². The molecule has 0 aromatic heterocycles. The molecular weight excluding hydrogens is 385 g/mol. The Bertz CT molecular complexity index is 576. The summed E-state index contributed by atoms with van der Waals surface area (Å²) in [6.07, 6.45) is 0.299. The summed E-state index contributed by atoms with van der Waals surface area (Å²) in [7, 11) is 0. The van der Waals surface area contributed by atoms with Gasteiger partial charge in [0.15, 0.2) is 0 Å². The van der Waals surface area contributed by atoms with Gasteiger partial charge < -0.3 is 0 Å². The summed E-state index contributed by atoms with van der Waals surface area (Å²) in [5, 5.41) is 0. The van der Waals surface area contributed by atoms with Gasteiger partial charge in [-0.3, -0.25) is 0 Å². The molecule has 0 saturated heterocycles. The molecule has 0 spiro atoms. The molecule has 2 rings (SSSR count). The van der Waals surface area contributed by atoms with E-state index in [2.05, 4.69) is 31.9 Å². The summed E-state index contributed by atoms with van der Waals surface area (Å²) in [6.45, 7) is 0. The van der Waals surface area contributed by atoms with Crippen molar-refractivity contribution < 1.29 is 13.2 Å². The second kappa shape index (κ2) is 6.09. The van der Waals surface area contributed by atoms with Gasteiger partial charge in [0.05, 0.1) is 0 Å². The maximum absolute atomic E-state index is 13.8. The normalized spacial score (nSPS) is 12.5. The Morgan fingerprint density at radius 1 is 1.00 bits per heavy atom. The van der Waals surface area contributed by atoms with Crippen molar-refractivity contribution in [3.8, 4) is 0 Å². The van der Waals surface area contributed by atoms with Gasteiger partial charge >= 0.3 is 0 Å². The molecular formula is C14H9Br2F3. The molecule has 0 aliphatic rings. The molecule has 19 heavy (non-hydrogen) atoms. The van der Waals surface area contributed by atoms with E-state index >= 15 is 0 Å². The molecule has 0 N–H and O–H groups in total. The SMILES string of the molecule is Fc1cccc(CC(Br)c2c(F)cc(Br)cc2F)c1. The Kier molecular flexibility index (Phi) is 4.68. The lowest BCUT2D eigenvalue weighted by atomic mass is 10.0. The fourth-order valence-corrected chi connectivity index (χ4v) is 3.04. The molecule has 0 bridgehead atoms. The van der Waals surface area contributed by atoms with E-state index in [1.54, 1.807) is 12.1 Å². The van der Waals surface area contributed by atoms with Gasteiger partial charge in [0, 0.05) is 14.9 Å². The summed E-state index contributed by atoms with van der Waals surface area (Å²) >= 11 is 6.28. The first-order valence-electron chi connectivity index (χ1n) is 5.50. The lowest BCUT2D eigenvalue weighted by Crippen LogP contribution is -2.02. The number of rotatable bonds is 3. The van der Waals surface area contributed by atoms with Crippen LogP contribution >= 0.6 is 31.9 Å². The fraction of sp³-hybridized carbons (Fsp3) is 0.143. The van der Waals surface area contributed by atoms with Crippen molar-refractivity contribution in [3.63, 3.8) is 0 Å². The van der Waals surface area contributed by atoms with E-state index in [-0.39, 0.29) is 11.4 Å². The Morgan fingerprint density at radius 3 is 2.21 bits per heavy atom. The third-order valence-corrected chi connectivity index (χ3v) is 3.90. The second-order valence-corrected chi connectivity index (χ2v) is 6.11. The largest absolute Gasteiger partial charge is 0.207 e. The first kappa shape index (κ1) is 14.6. The molecule has 0 saturated carbocycles. The molecule has 5 heteroatoms. The average molecular weight is 394 g/mol. The smallest absolute Gasteiger partial charge is 0.131 e. The van der Waals surface area contributed by atoms with Gasteiger partial charge in [0.25, 0.3) is 0 Å². The monoisotopic (exact) mass is 392 g/mol. The Balaban J connectivity index is 2.28. The quantitative estimate of drug-likeness (QED) is 0.600. The minimum Gasteiger partial charge on any atom is -0.207 e. The highest BCUT2D eigenvalue weighted by atomic mass is 79.9. The maximum atomic E-state index is 13.8. The number of benzene rings is 2. The third-order valence-electron chi connectivity index (χ3n) is 2.66. The predicted octanol–water partition coefficient (Wildman–Crippen LogP) is 5.55. The Morgan fingerprint density at radius 2 is 1.63 bits per heavy atom. The average Bonchev–Trinajstić information content (AvgIpc) is 2.27. The van der Waals surface area contributed by atoms with Gasteiger partial charge in [-0.25, -0.2) is 13.2 Å². The van der Waals surface area contributed by atoms with Crippen LogP contribution in [0.4, 0.5) is 13.2 Å². The molecule has 0 fully saturated rings. The highest BCUT2D eigenvalue weighted by molar-refractivity contribution is 9.10. The summed E-state index contributed by atoms with van der Waals surface area (Å²) in [6, 6.07) is 8.37. The van der Waals surface area contributed by atoms with Crippen LogP contribution in [0.15, 0.2) is 40.9 Å². The van der Waals surface area contributed by atoms with Crippen LogP contribution in [-0.4, -0.2) is 0 Å². The lowest BCUT2D eigenvalue weighted by molar-refractivity contribution is 0.552. The van der Waals surface area contributed by atoms with Gasteiger partial charge in [-0.05, 0) is 36.2 Å². The van der Waals surface area contributed by atoms with Crippen LogP contribution in [0.3, 0.4) is 0 Å². The van der Waals surface area contributed by atoms with Gasteiger partial charge in [-0.2, -0.15) is 0 Å². The van der Waals surface area contributed by atoms with Crippen LogP contribution in [0.1, 0.15) is 16.0 Å². The fourth-order valence-electron chi connectivity index (χ4n) is 1.83. The molecule has 2 aromatic carbocycles. The second-order valence-electron chi connectivity index (χ2n) is 4.08. The predicted molar refractivity (Wildman–Crippen MR) is 75.8 cm³/mol. The van der Waals surface area contributed by atoms with Crippen molar-refractivity contribution in [1.82, 2.24) is 0 Å². The molecule has 0 nitrogen and oxygen atoms in total. The molecule has 0 amide bonds. The van der Waals surface area contributed by atoms with E-state index in [1.807, 2.05) is 0 Å². The number of hydrogen-bond donors (Lipinski definition) is 0. The van der Waals surface area contributed by atoms with Crippen molar-refractivity contribution in [3.05, 3.63) is 69.4 Å². The highest BCUT2D eigenvalue weighted by Gasteiger charge is 2.19. The zero-order valence-electron chi connectivity index (χ0n) is 9.64. The van der Waals surface area contributed by atoms with E-state index in [0.717, 1.165) is 0 Å². The van der Waals surface area contributed by atoms with Crippen molar-refractivity contribution in [2.24, 2.45) is 0 Å². The third kappa shape index (κ3) is 3.60.